The zero-order valence-electron chi connectivity index (χ0n) is 16.3. The number of hydrogen-bond donors (Lipinski definition) is 0. The van der Waals surface area contributed by atoms with Gasteiger partial charge in [0.2, 0.25) is 0 Å². The Labute approximate surface area is 166 Å². The van der Waals surface area contributed by atoms with Gasteiger partial charge < -0.3 is 4.74 Å². The number of benzene rings is 3. The summed E-state index contributed by atoms with van der Waals surface area (Å²) in [6.07, 6.45) is 4.83. The van der Waals surface area contributed by atoms with Crippen LogP contribution < -0.4 is 4.74 Å². The maximum Gasteiger partial charge on any atom is 0.145 e. The van der Waals surface area contributed by atoms with Gasteiger partial charge in [-0.2, -0.15) is 0 Å². The van der Waals surface area contributed by atoms with E-state index in [9.17, 15) is 0 Å². The summed E-state index contributed by atoms with van der Waals surface area (Å²) in [4.78, 5) is 4.93. The fourth-order valence-corrected chi connectivity index (χ4v) is 3.48. The number of fused-ring (bicyclic) bond motifs is 1. The van der Waals surface area contributed by atoms with Crippen LogP contribution >= 0.6 is 0 Å². The Balaban J connectivity index is 1.73. The fraction of sp³-hybridized carbons (Fsp3) is 0.240. The molecule has 3 heteroatoms. The Morgan fingerprint density at radius 3 is 2.32 bits per heavy atom. The summed E-state index contributed by atoms with van der Waals surface area (Å²) in [6, 6.07) is 26.9. The highest BCUT2D eigenvalue weighted by Crippen LogP contribution is 2.30. The molecule has 0 amide bonds. The van der Waals surface area contributed by atoms with Crippen LogP contribution in [-0.2, 0) is 0 Å². The number of hydrogen-bond acceptors (Lipinski definition) is 2. The molecule has 4 rings (SSSR count). The number of imidazole rings is 1. The minimum Gasteiger partial charge on any atom is -0.494 e. The van der Waals surface area contributed by atoms with E-state index >= 15 is 0 Å². The molecule has 142 valence electrons. The van der Waals surface area contributed by atoms with E-state index in [0.29, 0.717) is 0 Å². The second-order valence-electron chi connectivity index (χ2n) is 7.03. The van der Waals surface area contributed by atoms with Crippen molar-refractivity contribution in [1.82, 2.24) is 9.55 Å². The zero-order valence-corrected chi connectivity index (χ0v) is 16.3. The van der Waals surface area contributed by atoms with E-state index in [0.717, 1.165) is 46.9 Å². The maximum atomic E-state index is 6.03. The molecule has 0 aliphatic heterocycles. The van der Waals surface area contributed by atoms with Crippen LogP contribution in [-0.4, -0.2) is 16.2 Å². The van der Waals surface area contributed by atoms with E-state index in [1.807, 2.05) is 18.2 Å². The summed E-state index contributed by atoms with van der Waals surface area (Å²) in [5, 5.41) is 0. The second kappa shape index (κ2) is 8.75. The molecule has 3 aromatic carbocycles. The number of aromatic nitrogens is 2. The lowest BCUT2D eigenvalue weighted by Gasteiger charge is -2.10. The molecule has 28 heavy (non-hydrogen) atoms. The average Bonchev–Trinajstić information content (AvgIpc) is 3.14. The van der Waals surface area contributed by atoms with Crippen LogP contribution in [0.3, 0.4) is 0 Å². The highest BCUT2D eigenvalue weighted by molar-refractivity contribution is 5.84. The molecule has 0 radical (unpaired) electrons. The number of rotatable bonds is 8. The van der Waals surface area contributed by atoms with Crippen molar-refractivity contribution < 1.29 is 4.74 Å². The molecule has 0 spiro atoms. The summed E-state index contributed by atoms with van der Waals surface area (Å²) in [5.41, 5.74) is 4.24. The molecule has 0 saturated carbocycles. The van der Waals surface area contributed by atoms with Gasteiger partial charge in [-0.15, -0.1) is 0 Å². The lowest BCUT2D eigenvalue weighted by molar-refractivity contribution is 0.305. The SMILES string of the molecule is CCCCCCOc1ccc2nc(-c3ccccc3)n(-c3ccccc3)c2c1. The largest absolute Gasteiger partial charge is 0.494 e. The standard InChI is InChI=1S/C25H26N2O/c1-2-3-4-11-18-28-22-16-17-23-24(19-22)27(21-14-9-6-10-15-21)25(26-23)20-12-7-5-8-13-20/h5-10,12-17,19H,2-4,11,18H2,1H3. The van der Waals surface area contributed by atoms with Gasteiger partial charge in [0.05, 0.1) is 17.6 Å². The highest BCUT2D eigenvalue weighted by atomic mass is 16.5. The maximum absolute atomic E-state index is 6.03. The molecule has 1 aromatic heterocycles. The van der Waals surface area contributed by atoms with Crippen molar-refractivity contribution in [3.05, 3.63) is 78.9 Å². The molecular weight excluding hydrogens is 344 g/mol. The Morgan fingerprint density at radius 2 is 1.57 bits per heavy atom. The number of nitrogens with zero attached hydrogens (tertiary/aromatic N) is 2. The summed E-state index contributed by atoms with van der Waals surface area (Å²) < 4.78 is 8.24. The third-order valence-corrected chi connectivity index (χ3v) is 4.94. The van der Waals surface area contributed by atoms with Crippen LogP contribution in [0.1, 0.15) is 32.6 Å². The fourth-order valence-electron chi connectivity index (χ4n) is 3.48. The van der Waals surface area contributed by atoms with E-state index < -0.39 is 0 Å². The van der Waals surface area contributed by atoms with Gasteiger partial charge in [0.15, 0.2) is 0 Å². The van der Waals surface area contributed by atoms with Crippen molar-refractivity contribution in [2.75, 3.05) is 6.61 Å². The first-order valence-corrected chi connectivity index (χ1v) is 10.1. The number of ether oxygens (including phenoxy) is 1. The molecular formula is C25H26N2O. The first kappa shape index (κ1) is 18.3. The quantitative estimate of drug-likeness (QED) is 0.325. The van der Waals surface area contributed by atoms with Crippen LogP contribution in [0.25, 0.3) is 28.1 Å². The highest BCUT2D eigenvalue weighted by Gasteiger charge is 2.14. The molecule has 0 fully saturated rings. The predicted molar refractivity (Wildman–Crippen MR) is 116 cm³/mol. The van der Waals surface area contributed by atoms with Gasteiger partial charge in [-0.25, -0.2) is 4.98 Å². The molecule has 0 saturated heterocycles. The monoisotopic (exact) mass is 370 g/mol. The van der Waals surface area contributed by atoms with Crippen LogP contribution in [0, 0.1) is 0 Å². The van der Waals surface area contributed by atoms with Crippen molar-refractivity contribution in [3.63, 3.8) is 0 Å². The molecule has 0 atom stereocenters. The van der Waals surface area contributed by atoms with Crippen molar-refractivity contribution in [2.24, 2.45) is 0 Å². The van der Waals surface area contributed by atoms with Gasteiger partial charge in [0.1, 0.15) is 11.6 Å². The van der Waals surface area contributed by atoms with Crippen LogP contribution in [0.4, 0.5) is 0 Å². The van der Waals surface area contributed by atoms with Gasteiger partial charge >= 0.3 is 0 Å². The third kappa shape index (κ3) is 3.94. The number of para-hydroxylation sites is 1. The normalized spacial score (nSPS) is 11.0. The third-order valence-electron chi connectivity index (χ3n) is 4.94. The molecule has 3 nitrogen and oxygen atoms in total. The molecule has 0 aliphatic rings. The van der Waals surface area contributed by atoms with Crippen molar-refractivity contribution in [1.29, 1.82) is 0 Å². The predicted octanol–water partition coefficient (Wildman–Crippen LogP) is 6.65. The smallest absolute Gasteiger partial charge is 0.145 e. The molecule has 4 aromatic rings. The van der Waals surface area contributed by atoms with E-state index in [-0.39, 0.29) is 0 Å². The molecule has 0 aliphatic carbocycles. The van der Waals surface area contributed by atoms with Gasteiger partial charge in [-0.05, 0) is 30.7 Å². The molecule has 0 N–H and O–H groups in total. The second-order valence-corrected chi connectivity index (χ2v) is 7.03. The minimum atomic E-state index is 0.760. The van der Waals surface area contributed by atoms with Crippen LogP contribution in [0.5, 0.6) is 5.75 Å². The summed E-state index contributed by atoms with van der Waals surface area (Å²) >= 11 is 0. The van der Waals surface area contributed by atoms with Gasteiger partial charge in [0, 0.05) is 17.3 Å². The van der Waals surface area contributed by atoms with Gasteiger partial charge in [-0.1, -0.05) is 74.7 Å². The Bertz CT molecular complexity index is 1020. The Morgan fingerprint density at radius 1 is 0.821 bits per heavy atom. The average molecular weight is 370 g/mol. The molecule has 0 unspecified atom stereocenters. The van der Waals surface area contributed by atoms with E-state index in [1.54, 1.807) is 0 Å². The zero-order chi connectivity index (χ0) is 19.2. The lowest BCUT2D eigenvalue weighted by Crippen LogP contribution is -1.99. The van der Waals surface area contributed by atoms with Crippen molar-refractivity contribution in [2.45, 2.75) is 32.6 Å². The molecule has 0 bridgehead atoms. The topological polar surface area (TPSA) is 27.1 Å². The van der Waals surface area contributed by atoms with Crippen molar-refractivity contribution >= 4 is 11.0 Å². The van der Waals surface area contributed by atoms with Gasteiger partial charge in [-0.3, -0.25) is 4.57 Å². The minimum absolute atomic E-state index is 0.760. The summed E-state index contributed by atoms with van der Waals surface area (Å²) in [5.74, 6) is 1.85. The summed E-state index contributed by atoms with van der Waals surface area (Å²) in [6.45, 7) is 2.99. The van der Waals surface area contributed by atoms with E-state index in [1.165, 1.54) is 19.3 Å². The Kier molecular flexibility index (Phi) is 5.72. The van der Waals surface area contributed by atoms with E-state index in [4.69, 9.17) is 9.72 Å². The Hall–Kier alpha value is -3.07. The first-order valence-electron chi connectivity index (χ1n) is 10.1. The number of unbranched alkanes of at least 4 members (excludes halogenated alkanes) is 3. The molecule has 1 heterocycles. The van der Waals surface area contributed by atoms with Crippen LogP contribution in [0.15, 0.2) is 78.9 Å². The van der Waals surface area contributed by atoms with Crippen molar-refractivity contribution in [3.8, 4) is 22.8 Å². The lowest BCUT2D eigenvalue weighted by atomic mass is 10.2. The van der Waals surface area contributed by atoms with E-state index in [2.05, 4.69) is 72.2 Å². The summed E-state index contributed by atoms with van der Waals surface area (Å²) in [7, 11) is 0. The van der Waals surface area contributed by atoms with Gasteiger partial charge in [0.25, 0.3) is 0 Å². The van der Waals surface area contributed by atoms with Crippen LogP contribution in [0.2, 0.25) is 0 Å². The first-order chi connectivity index (χ1) is 13.9.